The SMILES string of the molecule is CCOc1ccccc1[C@@H](CC(=O)N1CCCC[C@H]1C(=O)O)NC(C)=O. The molecule has 7 heteroatoms. The summed E-state index contributed by atoms with van der Waals surface area (Å²) in [5.74, 6) is -0.913. The van der Waals surface area contributed by atoms with Gasteiger partial charge in [0.05, 0.1) is 19.1 Å². The third-order valence-electron chi connectivity index (χ3n) is 4.46. The van der Waals surface area contributed by atoms with Crippen molar-refractivity contribution in [2.45, 2.75) is 51.6 Å². The van der Waals surface area contributed by atoms with Gasteiger partial charge in [0, 0.05) is 19.0 Å². The number of ether oxygens (including phenoxy) is 1. The lowest BCUT2D eigenvalue weighted by Gasteiger charge is -2.34. The predicted octanol–water partition coefficient (Wildman–Crippen LogP) is 2.12. The van der Waals surface area contributed by atoms with Crippen LogP contribution in [-0.4, -0.2) is 47.0 Å². The molecule has 0 unspecified atom stereocenters. The van der Waals surface area contributed by atoms with E-state index < -0.39 is 18.1 Å². The van der Waals surface area contributed by atoms with Gasteiger partial charge in [0.1, 0.15) is 11.8 Å². The van der Waals surface area contributed by atoms with Crippen LogP contribution < -0.4 is 10.1 Å². The van der Waals surface area contributed by atoms with Crippen LogP contribution in [0.4, 0.5) is 0 Å². The Labute approximate surface area is 153 Å². The van der Waals surface area contributed by atoms with Gasteiger partial charge in [-0.15, -0.1) is 0 Å². The maximum absolute atomic E-state index is 12.8. The maximum Gasteiger partial charge on any atom is 0.326 e. The molecule has 0 radical (unpaired) electrons. The zero-order valence-corrected chi connectivity index (χ0v) is 15.2. The third kappa shape index (κ3) is 4.97. The molecule has 1 fully saturated rings. The van der Waals surface area contributed by atoms with Crippen LogP contribution >= 0.6 is 0 Å². The van der Waals surface area contributed by atoms with Crippen molar-refractivity contribution in [3.05, 3.63) is 29.8 Å². The van der Waals surface area contributed by atoms with Crippen molar-refractivity contribution in [2.75, 3.05) is 13.2 Å². The maximum atomic E-state index is 12.8. The minimum Gasteiger partial charge on any atom is -0.494 e. The number of nitrogens with zero attached hydrogens (tertiary/aromatic N) is 1. The molecule has 26 heavy (non-hydrogen) atoms. The van der Waals surface area contributed by atoms with Crippen molar-refractivity contribution in [1.82, 2.24) is 10.2 Å². The second kappa shape index (κ2) is 9.22. The Morgan fingerprint density at radius 3 is 2.69 bits per heavy atom. The van der Waals surface area contributed by atoms with Gasteiger partial charge in [0.25, 0.3) is 0 Å². The van der Waals surface area contributed by atoms with E-state index in [9.17, 15) is 19.5 Å². The fourth-order valence-electron chi connectivity index (χ4n) is 3.32. The van der Waals surface area contributed by atoms with E-state index in [-0.39, 0.29) is 18.2 Å². The first-order valence-corrected chi connectivity index (χ1v) is 8.95. The number of hydrogen-bond donors (Lipinski definition) is 2. The quantitative estimate of drug-likeness (QED) is 0.774. The van der Waals surface area contributed by atoms with E-state index in [1.54, 1.807) is 6.07 Å². The standard InChI is InChI=1S/C19H26N2O5/c1-3-26-17-10-5-4-8-14(17)15(20-13(2)22)12-18(23)21-11-7-6-9-16(21)19(24)25/h4-5,8,10,15-16H,3,6-7,9,11-12H2,1-2H3,(H,20,22)(H,24,25)/t15-,16+/m1/s1. The lowest BCUT2D eigenvalue weighted by molar-refractivity contribution is -0.152. The van der Waals surface area contributed by atoms with Crippen LogP contribution in [0, 0.1) is 0 Å². The predicted molar refractivity (Wildman–Crippen MR) is 95.8 cm³/mol. The Balaban J connectivity index is 2.23. The molecule has 0 aromatic heterocycles. The number of carbonyl (C=O) groups excluding carboxylic acids is 2. The van der Waals surface area contributed by atoms with Gasteiger partial charge in [-0.05, 0) is 32.3 Å². The molecule has 1 aromatic rings. The highest BCUT2D eigenvalue weighted by atomic mass is 16.5. The van der Waals surface area contributed by atoms with Gasteiger partial charge in [-0.1, -0.05) is 18.2 Å². The summed E-state index contributed by atoms with van der Waals surface area (Å²) in [5, 5.41) is 12.2. The van der Waals surface area contributed by atoms with Crippen molar-refractivity contribution in [2.24, 2.45) is 0 Å². The number of likely N-dealkylation sites (tertiary alicyclic amines) is 1. The van der Waals surface area contributed by atoms with Gasteiger partial charge in [-0.2, -0.15) is 0 Å². The highest BCUT2D eigenvalue weighted by molar-refractivity contribution is 5.85. The Bertz CT molecular complexity index is 661. The molecule has 2 amide bonds. The van der Waals surface area contributed by atoms with Crippen molar-refractivity contribution < 1.29 is 24.2 Å². The number of hydrogen-bond acceptors (Lipinski definition) is 4. The molecular formula is C19H26N2O5. The Hall–Kier alpha value is -2.57. The molecule has 2 N–H and O–H groups in total. The lowest BCUT2D eigenvalue weighted by Crippen LogP contribution is -2.48. The van der Waals surface area contributed by atoms with Gasteiger partial charge in [-0.25, -0.2) is 4.79 Å². The van der Waals surface area contributed by atoms with Crippen LogP contribution in [0.15, 0.2) is 24.3 Å². The summed E-state index contributed by atoms with van der Waals surface area (Å²) < 4.78 is 5.62. The number of carbonyl (C=O) groups is 3. The minimum atomic E-state index is -0.983. The molecule has 2 atom stereocenters. The van der Waals surface area contributed by atoms with E-state index in [2.05, 4.69) is 5.32 Å². The number of aliphatic carboxylic acids is 1. The molecule has 1 heterocycles. The molecule has 0 aliphatic carbocycles. The van der Waals surface area contributed by atoms with Gasteiger partial charge < -0.3 is 20.1 Å². The molecule has 142 valence electrons. The zero-order valence-electron chi connectivity index (χ0n) is 15.2. The van der Waals surface area contributed by atoms with Crippen LogP contribution in [0.5, 0.6) is 5.75 Å². The smallest absolute Gasteiger partial charge is 0.326 e. The van der Waals surface area contributed by atoms with Crippen LogP contribution in [0.25, 0.3) is 0 Å². The van der Waals surface area contributed by atoms with Gasteiger partial charge in [0.2, 0.25) is 11.8 Å². The number of nitrogens with one attached hydrogen (secondary N) is 1. The second-order valence-corrected chi connectivity index (χ2v) is 6.37. The van der Waals surface area contributed by atoms with Crippen molar-refractivity contribution in [1.29, 1.82) is 0 Å². The van der Waals surface area contributed by atoms with E-state index in [4.69, 9.17) is 4.74 Å². The fourth-order valence-corrected chi connectivity index (χ4v) is 3.32. The van der Waals surface area contributed by atoms with Gasteiger partial charge >= 0.3 is 5.97 Å². The average Bonchev–Trinajstić information content (AvgIpc) is 2.61. The first kappa shape index (κ1) is 19.8. The highest BCUT2D eigenvalue weighted by Gasteiger charge is 2.33. The van der Waals surface area contributed by atoms with Crippen molar-refractivity contribution >= 4 is 17.8 Å². The molecule has 1 aliphatic heterocycles. The number of para-hydroxylation sites is 1. The molecule has 1 aromatic carbocycles. The molecule has 0 saturated carbocycles. The summed E-state index contributed by atoms with van der Waals surface area (Å²) in [7, 11) is 0. The molecular weight excluding hydrogens is 336 g/mol. The number of amides is 2. The first-order valence-electron chi connectivity index (χ1n) is 8.95. The van der Waals surface area contributed by atoms with Crippen molar-refractivity contribution in [3.63, 3.8) is 0 Å². The zero-order chi connectivity index (χ0) is 19.1. The average molecular weight is 362 g/mol. The summed E-state index contributed by atoms with van der Waals surface area (Å²) in [5.41, 5.74) is 0.710. The van der Waals surface area contributed by atoms with E-state index >= 15 is 0 Å². The van der Waals surface area contributed by atoms with E-state index in [1.807, 2.05) is 25.1 Å². The van der Waals surface area contributed by atoms with E-state index in [1.165, 1.54) is 11.8 Å². The summed E-state index contributed by atoms with van der Waals surface area (Å²) in [6.45, 7) is 4.14. The number of benzene rings is 1. The molecule has 0 bridgehead atoms. The second-order valence-electron chi connectivity index (χ2n) is 6.37. The molecule has 1 saturated heterocycles. The molecule has 2 rings (SSSR count). The summed E-state index contributed by atoms with van der Waals surface area (Å²) in [6, 6.07) is 5.88. The van der Waals surface area contributed by atoms with E-state index in [0.717, 1.165) is 12.8 Å². The number of piperidine rings is 1. The topological polar surface area (TPSA) is 95.9 Å². The molecule has 1 aliphatic rings. The lowest BCUT2D eigenvalue weighted by atomic mass is 9.98. The normalized spacial score (nSPS) is 18.1. The summed E-state index contributed by atoms with van der Waals surface area (Å²) >= 11 is 0. The monoisotopic (exact) mass is 362 g/mol. The van der Waals surface area contributed by atoms with Gasteiger partial charge in [0.15, 0.2) is 0 Å². The van der Waals surface area contributed by atoms with Crippen LogP contribution in [0.3, 0.4) is 0 Å². The Kier molecular flexibility index (Phi) is 7.00. The van der Waals surface area contributed by atoms with E-state index in [0.29, 0.717) is 30.9 Å². The molecule has 0 spiro atoms. The Morgan fingerprint density at radius 2 is 2.04 bits per heavy atom. The number of rotatable bonds is 7. The van der Waals surface area contributed by atoms with Crippen LogP contribution in [0.2, 0.25) is 0 Å². The van der Waals surface area contributed by atoms with Crippen LogP contribution in [-0.2, 0) is 14.4 Å². The first-order chi connectivity index (χ1) is 12.4. The number of carboxylic acid groups (broad SMARTS) is 1. The third-order valence-corrected chi connectivity index (χ3v) is 4.46. The number of carboxylic acids is 1. The molecule has 7 nitrogen and oxygen atoms in total. The summed E-state index contributed by atoms with van der Waals surface area (Å²) in [6.07, 6.45) is 2.04. The van der Waals surface area contributed by atoms with Gasteiger partial charge in [-0.3, -0.25) is 9.59 Å². The highest BCUT2D eigenvalue weighted by Crippen LogP contribution is 2.29. The summed E-state index contributed by atoms with van der Waals surface area (Å²) in [4.78, 5) is 37.4. The van der Waals surface area contributed by atoms with Crippen molar-refractivity contribution in [3.8, 4) is 5.75 Å². The minimum absolute atomic E-state index is 0.00650. The Morgan fingerprint density at radius 1 is 1.31 bits per heavy atom. The largest absolute Gasteiger partial charge is 0.494 e. The van der Waals surface area contributed by atoms with Crippen LogP contribution in [0.1, 0.15) is 51.1 Å². The fraction of sp³-hybridized carbons (Fsp3) is 0.526.